The molecule has 4 amide bonds. The number of amides is 4. The topological polar surface area (TPSA) is 181 Å². The maximum absolute atomic E-state index is 12.4. The summed E-state index contributed by atoms with van der Waals surface area (Å²) in [4.78, 5) is 24.4. The average molecular weight is 653 g/mol. The van der Waals surface area contributed by atoms with Crippen molar-refractivity contribution in [1.29, 1.82) is 0 Å². The van der Waals surface area contributed by atoms with Gasteiger partial charge in [-0.15, -0.1) is 0 Å². The molecule has 0 saturated heterocycles. The first kappa shape index (κ1) is 37.5. The van der Waals surface area contributed by atoms with Gasteiger partial charge in [-0.05, 0) is 59.7 Å². The molecule has 0 fully saturated rings. The number of carbonyl (C=O) groups excluding carboxylic acids is 2. The van der Waals surface area contributed by atoms with E-state index in [4.69, 9.17) is 0 Å². The minimum Gasteiger partial charge on any atom is -0.744 e. The summed E-state index contributed by atoms with van der Waals surface area (Å²) in [6, 6.07) is 24.7. The Labute approximate surface area is 302 Å². The van der Waals surface area contributed by atoms with Gasteiger partial charge in [0.2, 0.25) is 0 Å². The van der Waals surface area contributed by atoms with Gasteiger partial charge in [-0.2, -0.15) is 4.33 Å². The molecule has 0 spiro atoms. The van der Waals surface area contributed by atoms with Gasteiger partial charge in [0, 0.05) is 27.6 Å². The Kier molecular flexibility index (Phi) is 15.6. The van der Waals surface area contributed by atoms with Crippen molar-refractivity contribution in [3.63, 3.8) is 0 Å². The predicted octanol–water partition coefficient (Wildman–Crippen LogP) is -0.712. The van der Waals surface area contributed by atoms with E-state index in [9.17, 15) is 27.8 Å². The minimum absolute atomic E-state index is 0. The quantitative estimate of drug-likeness (QED) is 0.0430. The van der Waals surface area contributed by atoms with E-state index in [1.165, 1.54) is 30.4 Å². The van der Waals surface area contributed by atoms with Crippen LogP contribution in [0.1, 0.15) is 11.1 Å². The van der Waals surface area contributed by atoms with Crippen molar-refractivity contribution in [1.82, 2.24) is 0 Å². The molecule has 0 atom stereocenters. The van der Waals surface area contributed by atoms with Gasteiger partial charge in [-0.1, -0.05) is 60.7 Å². The van der Waals surface area contributed by atoms with Crippen LogP contribution in [-0.2, 0) is 19.5 Å². The predicted molar refractivity (Wildman–Crippen MR) is 156 cm³/mol. The molecule has 44 heavy (non-hydrogen) atoms. The van der Waals surface area contributed by atoms with E-state index < -0.39 is 27.1 Å². The number of carbonyl (C=O) groups is 2. The summed E-state index contributed by atoms with van der Waals surface area (Å²) in [5.74, 6) is 0. The normalized spacial score (nSPS) is 10.7. The summed E-state index contributed by atoms with van der Waals surface area (Å²) in [6.07, 6.45) is 2.84. The first-order chi connectivity index (χ1) is 20.2. The molecule has 216 valence electrons. The fourth-order valence-electron chi connectivity index (χ4n) is 3.65. The van der Waals surface area contributed by atoms with Gasteiger partial charge in [0.25, 0.3) is 0 Å². The SMILES string of the molecule is O=C(Nc1ccccc1)Nc1ccc(/C=C/c2ccc(NC(=O)Nc3ccccc3)cc2S(=O)(=O)[O-])c(SOO[O-])c1.[Na+].[Na+]. The van der Waals surface area contributed by atoms with Crippen molar-refractivity contribution >= 4 is 69.1 Å². The van der Waals surface area contributed by atoms with Crippen LogP contribution in [0.25, 0.3) is 12.2 Å². The average Bonchev–Trinajstić information content (AvgIpc) is 2.96. The van der Waals surface area contributed by atoms with E-state index in [2.05, 4.69) is 30.6 Å². The third-order valence-corrected chi connectivity index (χ3v) is 7.02. The second-order valence-corrected chi connectivity index (χ2v) is 10.5. The standard InChI is InChI=1S/C28H24N4O8S2.2Na/c33-27(29-21-7-3-1-4-8-21)31-23-15-13-19(25(17-23)41-40-39-35)11-12-20-14-16-24(18-26(20)42(36,37)38)32-28(34)30-22-9-5-2-6-10-22;;/h1-18,35H,(H2,29,31,33)(H2,30,32,34)(H,36,37,38);;/q;2*+1/p-2/b12-11+;;. The Morgan fingerprint density at radius 2 is 1.11 bits per heavy atom. The molecular weight excluding hydrogens is 630 g/mol. The molecule has 0 aromatic heterocycles. The van der Waals surface area contributed by atoms with Crippen molar-refractivity contribution in [3.8, 4) is 0 Å². The number of benzene rings is 4. The van der Waals surface area contributed by atoms with Crippen molar-refractivity contribution in [2.75, 3.05) is 21.3 Å². The van der Waals surface area contributed by atoms with E-state index >= 15 is 0 Å². The number of anilines is 4. The van der Waals surface area contributed by atoms with Gasteiger partial charge in [-0.25, -0.2) is 18.0 Å². The van der Waals surface area contributed by atoms with Crippen molar-refractivity contribution in [2.24, 2.45) is 0 Å². The van der Waals surface area contributed by atoms with Gasteiger partial charge in [0.05, 0.1) is 16.9 Å². The van der Waals surface area contributed by atoms with Gasteiger partial charge in [0.1, 0.15) is 10.1 Å². The van der Waals surface area contributed by atoms with Crippen LogP contribution in [0.3, 0.4) is 0 Å². The molecule has 0 heterocycles. The number of urea groups is 2. The molecule has 0 aliphatic heterocycles. The first-order valence-electron chi connectivity index (χ1n) is 12.0. The van der Waals surface area contributed by atoms with E-state index in [-0.39, 0.29) is 70.4 Å². The number of rotatable bonds is 10. The van der Waals surface area contributed by atoms with E-state index in [1.54, 1.807) is 66.7 Å². The fourth-order valence-corrected chi connectivity index (χ4v) is 4.85. The Morgan fingerprint density at radius 1 is 0.659 bits per heavy atom. The zero-order valence-electron chi connectivity index (χ0n) is 23.5. The van der Waals surface area contributed by atoms with Crippen molar-refractivity contribution < 1.29 is 96.3 Å². The molecule has 16 heteroatoms. The number of hydrogen-bond acceptors (Lipinski definition) is 9. The summed E-state index contributed by atoms with van der Waals surface area (Å²) in [7, 11) is -4.94. The molecule has 12 nitrogen and oxygen atoms in total. The molecule has 4 N–H and O–H groups in total. The summed E-state index contributed by atoms with van der Waals surface area (Å²) < 4.78 is 40.6. The third kappa shape index (κ3) is 11.7. The van der Waals surface area contributed by atoms with E-state index in [0.717, 1.165) is 6.07 Å². The number of para-hydroxylation sites is 2. The zero-order chi connectivity index (χ0) is 30.0. The number of hydrogen-bond donors (Lipinski definition) is 4. The third-order valence-electron chi connectivity index (χ3n) is 5.47. The van der Waals surface area contributed by atoms with Crippen LogP contribution in [0.15, 0.2) is 107 Å². The molecule has 0 radical (unpaired) electrons. The van der Waals surface area contributed by atoms with Crippen LogP contribution in [0.4, 0.5) is 32.3 Å². The van der Waals surface area contributed by atoms with Crippen LogP contribution in [0, 0.1) is 0 Å². The maximum atomic E-state index is 12.4. The molecule has 0 aliphatic carbocycles. The van der Waals surface area contributed by atoms with Gasteiger partial charge >= 0.3 is 71.2 Å². The van der Waals surface area contributed by atoms with Crippen LogP contribution in [0.5, 0.6) is 0 Å². The van der Waals surface area contributed by atoms with Crippen LogP contribution in [0.2, 0.25) is 0 Å². The number of nitrogens with one attached hydrogen (secondary N) is 4. The maximum Gasteiger partial charge on any atom is 1.00 e. The monoisotopic (exact) mass is 652 g/mol. The first-order valence-corrected chi connectivity index (χ1v) is 14.2. The molecule has 0 unspecified atom stereocenters. The second kappa shape index (κ2) is 18.3. The van der Waals surface area contributed by atoms with Crippen molar-refractivity contribution in [2.45, 2.75) is 9.79 Å². The van der Waals surface area contributed by atoms with E-state index in [0.29, 0.717) is 39.6 Å². The van der Waals surface area contributed by atoms with Crippen LogP contribution < -0.4 is 85.6 Å². The Bertz CT molecular complexity index is 1700. The molecule has 4 rings (SSSR count). The Morgan fingerprint density at radius 3 is 1.61 bits per heavy atom. The molecule has 0 bridgehead atoms. The van der Waals surface area contributed by atoms with Gasteiger partial charge in [-0.3, -0.25) is 5.04 Å². The summed E-state index contributed by atoms with van der Waals surface area (Å²) in [5.41, 5.74) is 2.00. The smallest absolute Gasteiger partial charge is 0.744 e. The summed E-state index contributed by atoms with van der Waals surface area (Å²) >= 11 is 0.555. The van der Waals surface area contributed by atoms with Crippen LogP contribution in [-0.4, -0.2) is 25.0 Å². The van der Waals surface area contributed by atoms with Crippen molar-refractivity contribution in [3.05, 3.63) is 108 Å². The second-order valence-electron chi connectivity index (χ2n) is 8.40. The molecule has 4 aromatic carbocycles. The minimum atomic E-state index is -4.94. The molecular formula is C28H22N4Na2O8S2. The fraction of sp³-hybridized carbons (Fsp3) is 0. The molecule has 0 aliphatic rings. The van der Waals surface area contributed by atoms with E-state index in [1.807, 2.05) is 6.07 Å². The van der Waals surface area contributed by atoms with Crippen LogP contribution >= 0.6 is 12.0 Å². The van der Waals surface area contributed by atoms with Gasteiger partial charge < -0.3 is 31.1 Å². The zero-order valence-corrected chi connectivity index (χ0v) is 29.1. The summed E-state index contributed by atoms with van der Waals surface area (Å²) in [5, 5.41) is 24.3. The summed E-state index contributed by atoms with van der Waals surface area (Å²) in [6.45, 7) is 0. The Balaban J connectivity index is 0.00000337. The van der Waals surface area contributed by atoms with Gasteiger partial charge in [0.15, 0.2) is 0 Å². The largest absolute Gasteiger partial charge is 1.00 e. The molecule has 4 aromatic rings. The Hall–Kier alpha value is -2.70. The molecule has 0 saturated carbocycles.